The highest BCUT2D eigenvalue weighted by Crippen LogP contribution is 2.31. The fourth-order valence-electron chi connectivity index (χ4n) is 1.55. The number of nitrogens with zero attached hydrogens (tertiary/aromatic N) is 2. The number of azo groups is 1. The highest BCUT2D eigenvalue weighted by atomic mass is 16.3. The van der Waals surface area contributed by atoms with Crippen LogP contribution in [0.1, 0.15) is 11.1 Å². The van der Waals surface area contributed by atoms with Gasteiger partial charge in [0.05, 0.1) is 11.4 Å². The lowest BCUT2D eigenvalue weighted by atomic mass is 10.2. The normalized spacial score (nSPS) is 11.0. The summed E-state index contributed by atoms with van der Waals surface area (Å²) >= 11 is 0. The second-order valence-corrected chi connectivity index (χ2v) is 4.04. The highest BCUT2D eigenvalue weighted by molar-refractivity contribution is 5.54. The zero-order chi connectivity index (χ0) is 13.1. The molecule has 0 unspecified atom stereocenters. The van der Waals surface area contributed by atoms with Gasteiger partial charge >= 0.3 is 0 Å². The van der Waals surface area contributed by atoms with Crippen molar-refractivity contribution in [3.63, 3.8) is 0 Å². The van der Waals surface area contributed by atoms with Crippen molar-refractivity contribution in [2.45, 2.75) is 13.8 Å². The number of phenolic OH excluding ortho intramolecular Hbond substituents is 2. The molecule has 0 saturated carbocycles. The third kappa shape index (κ3) is 2.32. The maximum atomic E-state index is 9.55. The topological polar surface area (TPSA) is 65.2 Å². The summed E-state index contributed by atoms with van der Waals surface area (Å²) in [5.41, 5.74) is 2.58. The van der Waals surface area contributed by atoms with E-state index in [1.807, 2.05) is 0 Å². The van der Waals surface area contributed by atoms with E-state index in [4.69, 9.17) is 0 Å². The van der Waals surface area contributed by atoms with Crippen molar-refractivity contribution in [2.24, 2.45) is 10.2 Å². The van der Waals surface area contributed by atoms with Crippen LogP contribution in [0, 0.1) is 13.8 Å². The van der Waals surface area contributed by atoms with Crippen LogP contribution < -0.4 is 0 Å². The quantitative estimate of drug-likeness (QED) is 0.777. The Bertz CT molecular complexity index is 553. The zero-order valence-electron chi connectivity index (χ0n) is 10.3. The number of phenols is 2. The third-order valence-electron chi connectivity index (χ3n) is 2.82. The average Bonchev–Trinajstić information content (AvgIpc) is 2.36. The van der Waals surface area contributed by atoms with Gasteiger partial charge in [0.15, 0.2) is 0 Å². The van der Waals surface area contributed by atoms with Gasteiger partial charge < -0.3 is 10.2 Å². The van der Waals surface area contributed by atoms with Crippen LogP contribution in [0.3, 0.4) is 0 Å². The molecule has 0 amide bonds. The molecule has 0 heterocycles. The van der Waals surface area contributed by atoms with E-state index in [0.717, 1.165) is 0 Å². The van der Waals surface area contributed by atoms with Crippen molar-refractivity contribution in [3.05, 3.63) is 47.5 Å². The summed E-state index contributed by atoms with van der Waals surface area (Å²) in [5, 5.41) is 27.3. The highest BCUT2D eigenvalue weighted by Gasteiger charge is 2.03. The van der Waals surface area contributed by atoms with E-state index in [-0.39, 0.29) is 11.5 Å². The van der Waals surface area contributed by atoms with Gasteiger partial charge in [0.2, 0.25) is 0 Å². The van der Waals surface area contributed by atoms with Crippen LogP contribution in [0.2, 0.25) is 0 Å². The van der Waals surface area contributed by atoms with E-state index in [2.05, 4.69) is 10.2 Å². The number of benzene rings is 2. The summed E-state index contributed by atoms with van der Waals surface area (Å²) in [5.74, 6) is 0.387. The van der Waals surface area contributed by atoms with Gasteiger partial charge in [-0.1, -0.05) is 12.1 Å². The molecule has 2 rings (SSSR count). The number of aromatic hydroxyl groups is 2. The minimum absolute atomic E-state index is 0.194. The van der Waals surface area contributed by atoms with Gasteiger partial charge in [-0.15, -0.1) is 0 Å². The molecule has 2 aromatic carbocycles. The van der Waals surface area contributed by atoms with Gasteiger partial charge in [-0.05, 0) is 38.1 Å². The molecule has 4 heteroatoms. The van der Waals surface area contributed by atoms with Crippen LogP contribution in [0.4, 0.5) is 11.4 Å². The van der Waals surface area contributed by atoms with Crippen LogP contribution in [-0.2, 0) is 0 Å². The molecule has 92 valence electrons. The predicted octanol–water partition coefficient (Wildman–Crippen LogP) is 4.13. The van der Waals surface area contributed by atoms with Crippen LogP contribution in [0.5, 0.6) is 11.5 Å². The average molecular weight is 242 g/mol. The first-order chi connectivity index (χ1) is 8.59. The Morgan fingerprint density at radius 2 is 1.11 bits per heavy atom. The van der Waals surface area contributed by atoms with Crippen LogP contribution in [0.15, 0.2) is 46.6 Å². The fraction of sp³-hybridized carbons (Fsp3) is 0.143. The molecule has 2 aromatic rings. The standard InChI is InChI=1S/C14H14N2O2/c1-9-11(5-3-7-13(9)17)15-16-12-6-4-8-14(18)10(12)2/h3-8,17-18H,1-2H3. The largest absolute Gasteiger partial charge is 0.508 e. The summed E-state index contributed by atoms with van der Waals surface area (Å²) in [7, 11) is 0. The third-order valence-corrected chi connectivity index (χ3v) is 2.82. The van der Waals surface area contributed by atoms with Crippen molar-refractivity contribution in [2.75, 3.05) is 0 Å². The fourth-order valence-corrected chi connectivity index (χ4v) is 1.55. The Morgan fingerprint density at radius 1 is 0.722 bits per heavy atom. The van der Waals surface area contributed by atoms with Crippen LogP contribution in [0.25, 0.3) is 0 Å². The van der Waals surface area contributed by atoms with E-state index in [0.29, 0.717) is 22.5 Å². The van der Waals surface area contributed by atoms with Gasteiger partial charge in [0.25, 0.3) is 0 Å². The summed E-state index contributed by atoms with van der Waals surface area (Å²) in [6, 6.07) is 10.2. The Kier molecular flexibility index (Phi) is 3.28. The molecule has 0 aliphatic rings. The van der Waals surface area contributed by atoms with Crippen LogP contribution >= 0.6 is 0 Å². The Hall–Kier alpha value is -2.36. The molecule has 18 heavy (non-hydrogen) atoms. The van der Waals surface area contributed by atoms with E-state index in [1.54, 1.807) is 50.2 Å². The lowest BCUT2D eigenvalue weighted by Gasteiger charge is -2.03. The lowest BCUT2D eigenvalue weighted by molar-refractivity contribution is 0.470. The Labute approximate surface area is 105 Å². The molecule has 0 fully saturated rings. The van der Waals surface area contributed by atoms with E-state index < -0.39 is 0 Å². The summed E-state index contributed by atoms with van der Waals surface area (Å²) in [6.45, 7) is 3.55. The molecular formula is C14H14N2O2. The number of hydrogen-bond acceptors (Lipinski definition) is 4. The monoisotopic (exact) mass is 242 g/mol. The van der Waals surface area contributed by atoms with E-state index in [1.165, 1.54) is 0 Å². The summed E-state index contributed by atoms with van der Waals surface area (Å²) < 4.78 is 0. The molecule has 4 nitrogen and oxygen atoms in total. The zero-order valence-corrected chi connectivity index (χ0v) is 10.3. The van der Waals surface area contributed by atoms with Gasteiger partial charge in [0, 0.05) is 11.1 Å². The van der Waals surface area contributed by atoms with Crippen molar-refractivity contribution >= 4 is 11.4 Å². The molecule has 0 aliphatic carbocycles. The first-order valence-electron chi connectivity index (χ1n) is 5.58. The van der Waals surface area contributed by atoms with Crippen molar-refractivity contribution < 1.29 is 10.2 Å². The summed E-state index contributed by atoms with van der Waals surface area (Å²) in [6.07, 6.45) is 0. The summed E-state index contributed by atoms with van der Waals surface area (Å²) in [4.78, 5) is 0. The van der Waals surface area contributed by atoms with Crippen molar-refractivity contribution in [3.8, 4) is 11.5 Å². The molecule has 0 saturated heterocycles. The smallest absolute Gasteiger partial charge is 0.120 e. The Morgan fingerprint density at radius 3 is 1.50 bits per heavy atom. The first-order valence-corrected chi connectivity index (χ1v) is 5.58. The molecule has 0 atom stereocenters. The van der Waals surface area contributed by atoms with Crippen LogP contribution in [-0.4, -0.2) is 10.2 Å². The van der Waals surface area contributed by atoms with Crippen molar-refractivity contribution in [1.82, 2.24) is 0 Å². The first kappa shape index (κ1) is 12.1. The molecule has 0 aliphatic heterocycles. The predicted molar refractivity (Wildman–Crippen MR) is 69.9 cm³/mol. The maximum Gasteiger partial charge on any atom is 0.120 e. The van der Waals surface area contributed by atoms with Crippen molar-refractivity contribution in [1.29, 1.82) is 0 Å². The molecule has 0 spiro atoms. The number of hydrogen-bond donors (Lipinski definition) is 2. The van der Waals surface area contributed by atoms with Gasteiger partial charge in [-0.3, -0.25) is 0 Å². The molecule has 0 bridgehead atoms. The molecule has 2 N–H and O–H groups in total. The Balaban J connectivity index is 2.36. The van der Waals surface area contributed by atoms with Gasteiger partial charge in [0.1, 0.15) is 11.5 Å². The number of rotatable bonds is 2. The second-order valence-electron chi connectivity index (χ2n) is 4.04. The molecule has 0 aromatic heterocycles. The molecular weight excluding hydrogens is 228 g/mol. The lowest BCUT2D eigenvalue weighted by Crippen LogP contribution is -1.77. The van der Waals surface area contributed by atoms with Gasteiger partial charge in [-0.2, -0.15) is 10.2 Å². The van der Waals surface area contributed by atoms with Gasteiger partial charge in [-0.25, -0.2) is 0 Å². The minimum Gasteiger partial charge on any atom is -0.508 e. The van der Waals surface area contributed by atoms with E-state index >= 15 is 0 Å². The van der Waals surface area contributed by atoms with E-state index in [9.17, 15) is 10.2 Å². The second kappa shape index (κ2) is 4.87. The minimum atomic E-state index is 0.194. The molecule has 0 radical (unpaired) electrons. The SMILES string of the molecule is Cc1c(O)cccc1N=Nc1cccc(O)c1C. The maximum absolute atomic E-state index is 9.55.